The molecule has 4 aromatic carbocycles. The van der Waals surface area contributed by atoms with Gasteiger partial charge in [0.25, 0.3) is 5.91 Å². The molecule has 0 spiro atoms. The number of rotatable bonds is 6. The molecule has 32 heavy (non-hydrogen) atoms. The summed E-state index contributed by atoms with van der Waals surface area (Å²) >= 11 is 9.62. The van der Waals surface area contributed by atoms with Crippen molar-refractivity contribution < 1.29 is 9.53 Å². The number of benzene rings is 4. The van der Waals surface area contributed by atoms with E-state index in [-0.39, 0.29) is 5.91 Å². The molecule has 0 aliphatic heterocycles. The summed E-state index contributed by atoms with van der Waals surface area (Å²) in [5.74, 6) is 0.409. The van der Waals surface area contributed by atoms with E-state index in [1.165, 1.54) is 10.8 Å². The van der Waals surface area contributed by atoms with Gasteiger partial charge < -0.3 is 4.74 Å². The molecule has 0 aromatic heterocycles. The first-order valence-corrected chi connectivity index (χ1v) is 11.2. The molecule has 1 amide bonds. The number of halogens is 2. The van der Waals surface area contributed by atoms with Crippen molar-refractivity contribution in [2.24, 2.45) is 5.10 Å². The molecule has 0 aliphatic rings. The standard InChI is InChI=1S/C26H20BrClN2O2/c1-17-6-9-22(14-24(17)28)26(31)30-29-15-18-8-11-25(23(27)13-18)32-16-19-7-10-20-4-2-3-5-21(20)12-19/h2-15H,16H2,1H3,(H,30,31)/b29-15-. The van der Waals surface area contributed by atoms with Gasteiger partial charge in [0.1, 0.15) is 12.4 Å². The van der Waals surface area contributed by atoms with Crippen LogP contribution in [0, 0.1) is 6.92 Å². The first-order valence-electron chi connectivity index (χ1n) is 9.99. The van der Waals surface area contributed by atoms with Crippen molar-refractivity contribution in [2.45, 2.75) is 13.5 Å². The Balaban J connectivity index is 1.36. The lowest BCUT2D eigenvalue weighted by Crippen LogP contribution is -2.17. The van der Waals surface area contributed by atoms with Crippen LogP contribution in [-0.2, 0) is 6.61 Å². The Kier molecular flexibility index (Phi) is 6.88. The number of nitrogens with one attached hydrogen (secondary N) is 1. The summed E-state index contributed by atoms with van der Waals surface area (Å²) in [6.07, 6.45) is 1.57. The Morgan fingerprint density at radius 3 is 2.62 bits per heavy atom. The average molecular weight is 508 g/mol. The zero-order valence-electron chi connectivity index (χ0n) is 17.3. The quantitative estimate of drug-likeness (QED) is 0.228. The summed E-state index contributed by atoms with van der Waals surface area (Å²) in [5.41, 5.74) is 5.80. The highest BCUT2D eigenvalue weighted by atomic mass is 79.9. The van der Waals surface area contributed by atoms with Gasteiger partial charge in [-0.1, -0.05) is 54.1 Å². The number of carbonyl (C=O) groups is 1. The van der Waals surface area contributed by atoms with Gasteiger partial charge in [-0.05, 0) is 86.7 Å². The lowest BCUT2D eigenvalue weighted by molar-refractivity contribution is 0.0955. The predicted molar refractivity (Wildman–Crippen MR) is 134 cm³/mol. The number of hydrazone groups is 1. The second-order valence-corrected chi connectivity index (χ2v) is 8.58. The number of amides is 1. The third kappa shape index (κ3) is 5.36. The fourth-order valence-electron chi connectivity index (χ4n) is 3.17. The van der Waals surface area contributed by atoms with Crippen molar-refractivity contribution >= 4 is 50.4 Å². The summed E-state index contributed by atoms with van der Waals surface area (Å²) < 4.78 is 6.78. The smallest absolute Gasteiger partial charge is 0.271 e. The second kappa shape index (κ2) is 9.98. The molecule has 0 bridgehead atoms. The molecule has 0 aliphatic carbocycles. The fourth-order valence-corrected chi connectivity index (χ4v) is 3.86. The van der Waals surface area contributed by atoms with Crippen molar-refractivity contribution in [3.63, 3.8) is 0 Å². The first kappa shape index (κ1) is 22.1. The summed E-state index contributed by atoms with van der Waals surface area (Å²) in [6.45, 7) is 2.35. The number of aryl methyl sites for hydroxylation is 1. The van der Waals surface area contributed by atoms with Crippen LogP contribution in [0.2, 0.25) is 5.02 Å². The van der Waals surface area contributed by atoms with Crippen molar-refractivity contribution in [3.8, 4) is 5.75 Å². The van der Waals surface area contributed by atoms with Crippen LogP contribution in [0.4, 0.5) is 0 Å². The Labute approximate surface area is 200 Å². The summed E-state index contributed by atoms with van der Waals surface area (Å²) in [6, 6.07) is 25.3. The molecule has 6 heteroatoms. The maximum Gasteiger partial charge on any atom is 0.271 e. The molecule has 0 heterocycles. The van der Waals surface area contributed by atoms with Crippen LogP contribution >= 0.6 is 27.5 Å². The van der Waals surface area contributed by atoms with Crippen LogP contribution in [0.3, 0.4) is 0 Å². The summed E-state index contributed by atoms with van der Waals surface area (Å²) in [4.78, 5) is 12.2. The Morgan fingerprint density at radius 2 is 1.84 bits per heavy atom. The molecule has 0 saturated carbocycles. The van der Waals surface area contributed by atoms with E-state index in [0.717, 1.165) is 26.9 Å². The number of nitrogens with zero attached hydrogens (tertiary/aromatic N) is 1. The first-order chi connectivity index (χ1) is 15.5. The van der Waals surface area contributed by atoms with Crippen LogP contribution in [0.15, 0.2) is 88.4 Å². The number of fused-ring (bicyclic) bond motifs is 1. The minimum Gasteiger partial charge on any atom is -0.488 e. The van der Waals surface area contributed by atoms with Gasteiger partial charge in [-0.25, -0.2) is 5.43 Å². The van der Waals surface area contributed by atoms with Crippen LogP contribution in [0.1, 0.15) is 27.0 Å². The van der Waals surface area contributed by atoms with E-state index >= 15 is 0 Å². The molecular formula is C26H20BrClN2O2. The molecule has 0 atom stereocenters. The van der Waals surface area contributed by atoms with Crippen LogP contribution in [-0.4, -0.2) is 12.1 Å². The maximum absolute atomic E-state index is 12.2. The largest absolute Gasteiger partial charge is 0.488 e. The zero-order chi connectivity index (χ0) is 22.5. The number of ether oxygens (including phenoxy) is 1. The van der Waals surface area contributed by atoms with E-state index in [0.29, 0.717) is 17.2 Å². The van der Waals surface area contributed by atoms with Gasteiger partial charge in [0.2, 0.25) is 0 Å². The molecule has 0 saturated heterocycles. The van der Waals surface area contributed by atoms with Crippen molar-refractivity contribution in [3.05, 3.63) is 111 Å². The van der Waals surface area contributed by atoms with Crippen LogP contribution in [0.5, 0.6) is 5.75 Å². The van der Waals surface area contributed by atoms with Gasteiger partial charge in [-0.2, -0.15) is 5.10 Å². The van der Waals surface area contributed by atoms with Crippen LogP contribution < -0.4 is 10.2 Å². The zero-order valence-corrected chi connectivity index (χ0v) is 19.7. The van der Waals surface area contributed by atoms with E-state index in [2.05, 4.69) is 56.8 Å². The number of hydrogen-bond donors (Lipinski definition) is 1. The van der Waals surface area contributed by atoms with E-state index in [9.17, 15) is 4.79 Å². The van der Waals surface area contributed by atoms with Gasteiger partial charge in [0.15, 0.2) is 0 Å². The Hall–Kier alpha value is -3.15. The molecule has 4 aromatic rings. The minimum absolute atomic E-state index is 0.322. The SMILES string of the molecule is Cc1ccc(C(=O)N/N=C\c2ccc(OCc3ccc4ccccc4c3)c(Br)c2)cc1Cl. The van der Waals surface area contributed by atoms with E-state index in [4.69, 9.17) is 16.3 Å². The van der Waals surface area contributed by atoms with Crippen molar-refractivity contribution in [1.82, 2.24) is 5.43 Å². The second-order valence-electron chi connectivity index (χ2n) is 7.32. The average Bonchev–Trinajstić information content (AvgIpc) is 2.80. The van der Waals surface area contributed by atoms with E-state index in [1.54, 1.807) is 24.4 Å². The topological polar surface area (TPSA) is 50.7 Å². The predicted octanol–water partition coefficient (Wildman–Crippen LogP) is 6.91. The fraction of sp³-hybridized carbons (Fsp3) is 0.0769. The van der Waals surface area contributed by atoms with E-state index in [1.807, 2.05) is 37.3 Å². The number of carbonyl (C=O) groups excluding carboxylic acids is 1. The van der Waals surface area contributed by atoms with Gasteiger partial charge in [0, 0.05) is 10.6 Å². The molecular weight excluding hydrogens is 488 g/mol. The summed E-state index contributed by atoms with van der Waals surface area (Å²) in [7, 11) is 0. The minimum atomic E-state index is -0.322. The lowest BCUT2D eigenvalue weighted by atomic mass is 10.1. The lowest BCUT2D eigenvalue weighted by Gasteiger charge is -2.10. The van der Waals surface area contributed by atoms with Crippen molar-refractivity contribution in [2.75, 3.05) is 0 Å². The van der Waals surface area contributed by atoms with Gasteiger partial charge in [-0.15, -0.1) is 0 Å². The molecule has 4 rings (SSSR count). The molecule has 0 radical (unpaired) electrons. The Morgan fingerprint density at radius 1 is 1.03 bits per heavy atom. The highest BCUT2D eigenvalue weighted by Gasteiger charge is 2.07. The highest BCUT2D eigenvalue weighted by molar-refractivity contribution is 9.10. The Bertz CT molecular complexity index is 1320. The van der Waals surface area contributed by atoms with Gasteiger partial charge in [-0.3, -0.25) is 4.79 Å². The number of hydrogen-bond acceptors (Lipinski definition) is 3. The summed E-state index contributed by atoms with van der Waals surface area (Å²) in [5, 5.41) is 6.98. The molecule has 0 fully saturated rings. The molecule has 160 valence electrons. The monoisotopic (exact) mass is 506 g/mol. The maximum atomic E-state index is 12.2. The van der Waals surface area contributed by atoms with Crippen molar-refractivity contribution in [1.29, 1.82) is 0 Å². The highest BCUT2D eigenvalue weighted by Crippen LogP contribution is 2.27. The third-order valence-electron chi connectivity index (χ3n) is 4.98. The molecule has 0 unspecified atom stereocenters. The van der Waals surface area contributed by atoms with Crippen LogP contribution in [0.25, 0.3) is 10.8 Å². The van der Waals surface area contributed by atoms with E-state index < -0.39 is 0 Å². The van der Waals surface area contributed by atoms with Gasteiger partial charge >= 0.3 is 0 Å². The molecule has 4 nitrogen and oxygen atoms in total. The third-order valence-corrected chi connectivity index (χ3v) is 6.00. The normalized spacial score (nSPS) is 11.1. The molecule has 1 N–H and O–H groups in total. The van der Waals surface area contributed by atoms with Gasteiger partial charge in [0.05, 0.1) is 10.7 Å².